The molecule has 0 saturated carbocycles. The minimum absolute atomic E-state index is 0.298. The van der Waals surface area contributed by atoms with E-state index in [-0.39, 0.29) is 23.4 Å². The van der Waals surface area contributed by atoms with Crippen molar-refractivity contribution in [2.45, 2.75) is 39.7 Å². The Morgan fingerprint density at radius 3 is 2.54 bits per heavy atom. The molecule has 2 aromatic carbocycles. The summed E-state index contributed by atoms with van der Waals surface area (Å²) in [6, 6.07) is 5.08. The number of aryl methyl sites for hydroxylation is 2. The topological polar surface area (TPSA) is 111 Å². The van der Waals surface area contributed by atoms with E-state index in [0.717, 1.165) is 12.1 Å². The van der Waals surface area contributed by atoms with Gasteiger partial charge in [-0.15, -0.1) is 0 Å². The molecule has 0 saturated heterocycles. The second kappa shape index (κ2) is 10.6. The molecule has 0 fully saturated rings. The Balaban J connectivity index is 2.16. The Labute approximate surface area is 218 Å². The van der Waals surface area contributed by atoms with E-state index in [1.54, 1.807) is 26.1 Å². The molecule has 200 valence electrons. The van der Waals surface area contributed by atoms with E-state index in [2.05, 4.69) is 10.3 Å². The summed E-state index contributed by atoms with van der Waals surface area (Å²) in [5.74, 6) is -1.56. The predicted octanol–water partition coefficient (Wildman–Crippen LogP) is 5.21. The summed E-state index contributed by atoms with van der Waals surface area (Å²) in [4.78, 5) is 29.8. The number of carbonyl (C=O) groups is 1. The highest BCUT2D eigenvalue weighted by Gasteiger charge is 2.35. The molecule has 1 amide bonds. The van der Waals surface area contributed by atoms with Gasteiger partial charge >= 0.3 is 6.09 Å². The van der Waals surface area contributed by atoms with Gasteiger partial charge in [-0.25, -0.2) is 22.6 Å². The smallest absolute Gasteiger partial charge is 0.428 e. The van der Waals surface area contributed by atoms with Crippen LogP contribution >= 0.6 is 11.6 Å². The van der Waals surface area contributed by atoms with Crippen LogP contribution in [0.5, 0.6) is 0 Å². The van der Waals surface area contributed by atoms with Crippen molar-refractivity contribution in [2.24, 2.45) is 7.05 Å². The Bertz CT molecular complexity index is 1520. The van der Waals surface area contributed by atoms with Gasteiger partial charge in [0.15, 0.2) is 0 Å². The zero-order chi connectivity index (χ0) is 27.7. The molecule has 3 aromatic rings. The summed E-state index contributed by atoms with van der Waals surface area (Å²) in [7, 11) is -2.91. The van der Waals surface area contributed by atoms with Crippen LogP contribution in [0.25, 0.3) is 10.9 Å². The molecular weight excluding hydrogens is 530 g/mol. The first kappa shape index (κ1) is 28.3. The lowest BCUT2D eigenvalue weighted by Gasteiger charge is -2.28. The molecule has 1 aromatic heterocycles. The molecule has 9 nitrogen and oxygen atoms in total. The van der Waals surface area contributed by atoms with Crippen molar-refractivity contribution in [1.82, 2.24) is 9.55 Å². The molecule has 3 rings (SSSR count). The number of nitrogens with one attached hydrogen (secondary N) is 1. The van der Waals surface area contributed by atoms with Crippen LogP contribution in [0.4, 0.5) is 30.6 Å². The number of sulfonamides is 1. The van der Waals surface area contributed by atoms with Crippen LogP contribution in [0.2, 0.25) is 5.02 Å². The Kier molecular flexibility index (Phi) is 8.13. The molecule has 0 bridgehead atoms. The van der Waals surface area contributed by atoms with Crippen molar-refractivity contribution < 1.29 is 26.7 Å². The van der Waals surface area contributed by atoms with E-state index in [1.165, 1.54) is 31.7 Å². The van der Waals surface area contributed by atoms with Gasteiger partial charge in [-0.1, -0.05) is 11.6 Å². The lowest BCUT2D eigenvalue weighted by atomic mass is 10.1. The lowest BCUT2D eigenvalue weighted by Crippen LogP contribution is -2.42. The number of alkyl halides is 1. The standard InChI is InChI=1S/C24H27ClF2N4O5S/c1-14-16(8-9-17-19(14)22(32)30(5)13-28-17)29-21-15(27)7-10-18(20(21)25)31(23(33)36-24(2,3)4)37(34,35)12-6-11-26/h7-10,13,29H,6,11-12H2,1-5H3. The van der Waals surface area contributed by atoms with E-state index in [1.807, 2.05) is 0 Å². The quantitative estimate of drug-likeness (QED) is 0.425. The molecule has 0 spiro atoms. The maximum Gasteiger partial charge on any atom is 0.428 e. The summed E-state index contributed by atoms with van der Waals surface area (Å²) in [6.45, 7) is 5.33. The summed E-state index contributed by atoms with van der Waals surface area (Å²) >= 11 is 6.47. The molecule has 0 radical (unpaired) electrons. The minimum Gasteiger partial charge on any atom is -0.443 e. The Morgan fingerprint density at radius 2 is 1.92 bits per heavy atom. The van der Waals surface area contributed by atoms with E-state index in [0.29, 0.717) is 26.5 Å². The molecule has 0 aliphatic rings. The normalized spacial score (nSPS) is 12.0. The van der Waals surface area contributed by atoms with Gasteiger partial charge in [-0.2, -0.15) is 4.31 Å². The molecule has 0 atom stereocenters. The predicted molar refractivity (Wildman–Crippen MR) is 140 cm³/mol. The van der Waals surface area contributed by atoms with Gasteiger partial charge in [0, 0.05) is 12.7 Å². The van der Waals surface area contributed by atoms with Gasteiger partial charge in [0.25, 0.3) is 5.56 Å². The molecule has 1 N–H and O–H groups in total. The van der Waals surface area contributed by atoms with Crippen LogP contribution in [-0.2, 0) is 21.8 Å². The fourth-order valence-electron chi connectivity index (χ4n) is 3.53. The number of carbonyl (C=O) groups excluding carboxylic acids is 1. The average molecular weight is 557 g/mol. The third kappa shape index (κ3) is 6.02. The number of ether oxygens (including phenoxy) is 1. The SMILES string of the molecule is Cc1c(Nc2c(F)ccc(N(C(=O)OC(C)(C)C)S(=O)(=O)CCCF)c2Cl)ccc2ncn(C)c(=O)c12. The number of amides is 1. The zero-order valence-electron chi connectivity index (χ0n) is 20.9. The lowest BCUT2D eigenvalue weighted by molar-refractivity contribution is 0.0609. The van der Waals surface area contributed by atoms with Gasteiger partial charge in [-0.05, 0) is 63.9 Å². The van der Waals surface area contributed by atoms with Crippen LogP contribution in [0, 0.1) is 12.7 Å². The van der Waals surface area contributed by atoms with Crippen molar-refractivity contribution in [3.8, 4) is 0 Å². The minimum atomic E-state index is -4.45. The second-order valence-electron chi connectivity index (χ2n) is 9.28. The first-order chi connectivity index (χ1) is 17.2. The van der Waals surface area contributed by atoms with Crippen molar-refractivity contribution in [2.75, 3.05) is 22.0 Å². The molecule has 1 heterocycles. The van der Waals surface area contributed by atoms with Crippen molar-refractivity contribution in [1.29, 1.82) is 0 Å². The second-order valence-corrected chi connectivity index (χ2v) is 11.6. The summed E-state index contributed by atoms with van der Waals surface area (Å²) in [5, 5.41) is 2.67. The first-order valence-electron chi connectivity index (χ1n) is 11.2. The van der Waals surface area contributed by atoms with Crippen LogP contribution < -0.4 is 15.2 Å². The highest BCUT2D eigenvalue weighted by atomic mass is 35.5. The number of hydrogen-bond donors (Lipinski definition) is 1. The Morgan fingerprint density at radius 1 is 1.24 bits per heavy atom. The Hall–Kier alpha value is -3.25. The number of anilines is 3. The summed E-state index contributed by atoms with van der Waals surface area (Å²) < 4.78 is 60.7. The number of hydrogen-bond acceptors (Lipinski definition) is 7. The van der Waals surface area contributed by atoms with E-state index in [4.69, 9.17) is 16.3 Å². The monoisotopic (exact) mass is 556 g/mol. The van der Waals surface area contributed by atoms with Crippen molar-refractivity contribution >= 4 is 55.7 Å². The van der Waals surface area contributed by atoms with Crippen LogP contribution in [0.1, 0.15) is 32.8 Å². The molecule has 0 unspecified atom stereocenters. The van der Waals surface area contributed by atoms with E-state index >= 15 is 0 Å². The molecule has 0 aliphatic carbocycles. The van der Waals surface area contributed by atoms with Crippen LogP contribution in [-0.4, -0.2) is 42.1 Å². The number of fused-ring (bicyclic) bond motifs is 1. The third-order valence-electron chi connectivity index (χ3n) is 5.27. The highest BCUT2D eigenvalue weighted by Crippen LogP contribution is 2.39. The number of nitrogens with zero attached hydrogens (tertiary/aromatic N) is 3. The van der Waals surface area contributed by atoms with Crippen LogP contribution in [0.3, 0.4) is 0 Å². The maximum absolute atomic E-state index is 15.0. The van der Waals surface area contributed by atoms with Gasteiger partial charge in [-0.3, -0.25) is 9.18 Å². The van der Waals surface area contributed by atoms with Gasteiger partial charge in [0.1, 0.15) is 11.4 Å². The van der Waals surface area contributed by atoms with Crippen molar-refractivity contribution in [3.05, 3.63) is 57.3 Å². The third-order valence-corrected chi connectivity index (χ3v) is 7.36. The fraction of sp³-hybridized carbons (Fsp3) is 0.375. The van der Waals surface area contributed by atoms with Gasteiger partial charge < -0.3 is 14.6 Å². The first-order valence-corrected chi connectivity index (χ1v) is 13.2. The molecular formula is C24H27ClF2N4O5S. The average Bonchev–Trinajstić information content (AvgIpc) is 2.79. The number of halogens is 3. The number of benzene rings is 2. The number of rotatable bonds is 7. The largest absolute Gasteiger partial charge is 0.443 e. The fourth-order valence-corrected chi connectivity index (χ4v) is 5.24. The van der Waals surface area contributed by atoms with Gasteiger partial charge in [0.05, 0.1) is 46.1 Å². The maximum atomic E-state index is 15.0. The summed E-state index contributed by atoms with van der Waals surface area (Å²) in [6.07, 6.45) is -0.265. The van der Waals surface area contributed by atoms with Crippen LogP contribution in [0.15, 0.2) is 35.4 Å². The summed E-state index contributed by atoms with van der Waals surface area (Å²) in [5.41, 5.74) is -0.915. The molecule has 0 aliphatic heterocycles. The number of aromatic nitrogens is 2. The van der Waals surface area contributed by atoms with E-state index in [9.17, 15) is 26.8 Å². The molecule has 13 heteroatoms. The highest BCUT2D eigenvalue weighted by molar-refractivity contribution is 7.93. The van der Waals surface area contributed by atoms with E-state index < -0.39 is 45.0 Å². The van der Waals surface area contributed by atoms with Crippen molar-refractivity contribution in [3.63, 3.8) is 0 Å². The molecule has 37 heavy (non-hydrogen) atoms. The van der Waals surface area contributed by atoms with Gasteiger partial charge in [0.2, 0.25) is 10.0 Å². The zero-order valence-corrected chi connectivity index (χ0v) is 22.5.